The molecule has 0 saturated carbocycles. The quantitative estimate of drug-likeness (QED) is 0.696. The summed E-state index contributed by atoms with van der Waals surface area (Å²) in [6.45, 7) is 0.805. The van der Waals surface area contributed by atoms with Crippen molar-refractivity contribution in [1.29, 1.82) is 0 Å². The molecule has 0 radical (unpaired) electrons. The predicted octanol–water partition coefficient (Wildman–Crippen LogP) is 4.54. The second-order valence-electron chi connectivity index (χ2n) is 7.79. The zero-order valence-electron chi connectivity index (χ0n) is 16.6. The van der Waals surface area contributed by atoms with Crippen molar-refractivity contribution in [3.8, 4) is 5.75 Å². The summed E-state index contributed by atoms with van der Waals surface area (Å²) in [7, 11) is 0. The summed E-state index contributed by atoms with van der Waals surface area (Å²) in [5, 5.41) is 0.560. The van der Waals surface area contributed by atoms with Crippen LogP contribution >= 0.6 is 11.6 Å². The number of ether oxygens (including phenoxy) is 1. The number of primary amides is 1. The molecule has 0 unspecified atom stereocenters. The largest absolute Gasteiger partial charge is 0.493 e. The van der Waals surface area contributed by atoms with E-state index in [1.165, 1.54) is 12.1 Å². The van der Waals surface area contributed by atoms with Gasteiger partial charge >= 0.3 is 6.18 Å². The summed E-state index contributed by atoms with van der Waals surface area (Å²) in [4.78, 5) is 26.2. The van der Waals surface area contributed by atoms with Crippen LogP contribution < -0.4 is 10.5 Å². The number of likely N-dealkylation sites (tertiary alicyclic amines) is 1. The highest BCUT2D eigenvalue weighted by Crippen LogP contribution is 2.35. The Balaban J connectivity index is 1.75. The second-order valence-corrected chi connectivity index (χ2v) is 8.23. The molecule has 3 rings (SSSR count). The van der Waals surface area contributed by atoms with Gasteiger partial charge in [0, 0.05) is 35.5 Å². The second kappa shape index (κ2) is 9.18. The van der Waals surface area contributed by atoms with E-state index in [0.29, 0.717) is 30.2 Å². The predicted molar refractivity (Wildman–Crippen MR) is 110 cm³/mol. The van der Waals surface area contributed by atoms with Crippen molar-refractivity contribution in [3.05, 3.63) is 64.7 Å². The molecule has 0 bridgehead atoms. The molecule has 0 aromatic heterocycles. The highest BCUT2D eigenvalue weighted by atomic mass is 35.5. The highest BCUT2D eigenvalue weighted by Gasteiger charge is 2.40. The number of carbonyl (C=O) groups is 2. The molecule has 2 aromatic rings. The van der Waals surface area contributed by atoms with Gasteiger partial charge in [0.1, 0.15) is 5.75 Å². The fourth-order valence-corrected chi connectivity index (χ4v) is 3.94. The van der Waals surface area contributed by atoms with Crippen LogP contribution in [-0.2, 0) is 11.0 Å². The maximum atomic E-state index is 12.9. The van der Waals surface area contributed by atoms with Gasteiger partial charge in [-0.15, -0.1) is 0 Å². The Morgan fingerprint density at radius 3 is 2.32 bits per heavy atom. The van der Waals surface area contributed by atoms with Crippen LogP contribution in [0.4, 0.5) is 13.2 Å². The molecule has 1 heterocycles. The van der Waals surface area contributed by atoms with Gasteiger partial charge in [0.25, 0.3) is 5.91 Å². The topological polar surface area (TPSA) is 72.6 Å². The van der Waals surface area contributed by atoms with Crippen LogP contribution in [0.2, 0.25) is 5.02 Å². The molecule has 2 amide bonds. The summed E-state index contributed by atoms with van der Waals surface area (Å²) in [5.41, 5.74) is 4.11. The van der Waals surface area contributed by atoms with Gasteiger partial charge in [-0.25, -0.2) is 0 Å². The Hall–Kier alpha value is -2.74. The molecule has 31 heavy (non-hydrogen) atoms. The van der Waals surface area contributed by atoms with Gasteiger partial charge in [-0.2, -0.15) is 13.2 Å². The average Bonchev–Trinajstić information content (AvgIpc) is 2.72. The third kappa shape index (κ3) is 5.91. The first-order valence-electron chi connectivity index (χ1n) is 9.71. The average molecular weight is 455 g/mol. The van der Waals surface area contributed by atoms with Gasteiger partial charge in [0.2, 0.25) is 5.91 Å². The number of rotatable bonds is 6. The Morgan fingerprint density at radius 1 is 1.10 bits per heavy atom. The molecule has 1 atom stereocenters. The van der Waals surface area contributed by atoms with Gasteiger partial charge in [0.15, 0.2) is 0 Å². The number of alkyl halides is 3. The maximum absolute atomic E-state index is 12.9. The standard InChI is InChI=1S/C22H22ClF3N2O3/c23-17-6-8-18(9-7-17)31-14-21(12-19(27)29)10-1-11-28(13-21)20(30)15-2-4-16(5-3-15)22(24,25)26/h2-9H,1,10-14H2,(H2,27,29)/t21-/m0/s1. The molecule has 166 valence electrons. The highest BCUT2D eigenvalue weighted by molar-refractivity contribution is 6.30. The lowest BCUT2D eigenvalue weighted by atomic mass is 9.77. The van der Waals surface area contributed by atoms with Crippen molar-refractivity contribution in [2.45, 2.75) is 25.4 Å². The summed E-state index contributed by atoms with van der Waals surface area (Å²) in [6.07, 6.45) is -3.20. The number of nitrogens with two attached hydrogens (primary N) is 1. The lowest BCUT2D eigenvalue weighted by molar-refractivity contribution is -0.137. The minimum absolute atomic E-state index is 0.0252. The zero-order valence-corrected chi connectivity index (χ0v) is 17.4. The number of carbonyl (C=O) groups excluding carboxylic acids is 2. The molecule has 2 N–H and O–H groups in total. The first kappa shape index (κ1) is 22.9. The smallest absolute Gasteiger partial charge is 0.416 e. The molecule has 5 nitrogen and oxygen atoms in total. The van der Waals surface area contributed by atoms with E-state index in [9.17, 15) is 22.8 Å². The Labute approximate surface area is 182 Å². The van der Waals surface area contributed by atoms with Crippen molar-refractivity contribution in [1.82, 2.24) is 4.90 Å². The molecule has 2 aromatic carbocycles. The SMILES string of the molecule is NC(=O)C[C@@]1(COc2ccc(Cl)cc2)CCCN(C(=O)c2ccc(C(F)(F)F)cc2)C1. The van der Waals surface area contributed by atoms with Gasteiger partial charge < -0.3 is 15.4 Å². The van der Waals surface area contributed by atoms with E-state index in [-0.39, 0.29) is 25.1 Å². The molecule has 1 fully saturated rings. The molecule has 0 spiro atoms. The number of piperidine rings is 1. The summed E-state index contributed by atoms with van der Waals surface area (Å²) >= 11 is 5.88. The molecule has 1 aliphatic heterocycles. The van der Waals surface area contributed by atoms with E-state index >= 15 is 0 Å². The van der Waals surface area contributed by atoms with E-state index in [1.54, 1.807) is 29.2 Å². The van der Waals surface area contributed by atoms with Crippen LogP contribution in [-0.4, -0.2) is 36.4 Å². The summed E-state index contributed by atoms with van der Waals surface area (Å²) < 4.78 is 44.2. The minimum atomic E-state index is -4.47. The fraction of sp³-hybridized carbons (Fsp3) is 0.364. The van der Waals surface area contributed by atoms with Crippen molar-refractivity contribution < 1.29 is 27.5 Å². The third-order valence-corrected chi connectivity index (χ3v) is 5.57. The van der Waals surface area contributed by atoms with Crippen molar-refractivity contribution in [2.75, 3.05) is 19.7 Å². The van der Waals surface area contributed by atoms with E-state index in [4.69, 9.17) is 22.1 Å². The van der Waals surface area contributed by atoms with E-state index in [0.717, 1.165) is 12.1 Å². The monoisotopic (exact) mass is 454 g/mol. The number of amides is 2. The van der Waals surface area contributed by atoms with Gasteiger partial charge in [-0.05, 0) is 61.4 Å². The van der Waals surface area contributed by atoms with E-state index in [1.807, 2.05) is 0 Å². The van der Waals surface area contributed by atoms with Crippen LogP contribution in [0, 0.1) is 5.41 Å². The molecule has 9 heteroatoms. The third-order valence-electron chi connectivity index (χ3n) is 5.32. The lowest BCUT2D eigenvalue weighted by Crippen LogP contribution is -2.50. The number of benzene rings is 2. The summed E-state index contributed by atoms with van der Waals surface area (Å²) in [6, 6.07) is 10.9. The number of halogens is 4. The first-order valence-corrected chi connectivity index (χ1v) is 10.1. The molecular formula is C22H22ClF3N2O3. The van der Waals surface area contributed by atoms with E-state index in [2.05, 4.69) is 0 Å². The molecular weight excluding hydrogens is 433 g/mol. The number of nitrogens with zero attached hydrogens (tertiary/aromatic N) is 1. The number of hydrogen-bond acceptors (Lipinski definition) is 3. The Kier molecular flexibility index (Phi) is 6.79. The van der Waals surface area contributed by atoms with Gasteiger partial charge in [-0.3, -0.25) is 9.59 Å². The normalized spacial score (nSPS) is 19.2. The fourth-order valence-electron chi connectivity index (χ4n) is 3.82. The van der Waals surface area contributed by atoms with Crippen LogP contribution in [0.3, 0.4) is 0 Å². The maximum Gasteiger partial charge on any atom is 0.416 e. The van der Waals surface area contributed by atoms with Crippen molar-refractivity contribution in [3.63, 3.8) is 0 Å². The molecule has 1 saturated heterocycles. The van der Waals surface area contributed by atoms with Gasteiger partial charge in [0.05, 0.1) is 12.2 Å². The number of hydrogen-bond donors (Lipinski definition) is 1. The zero-order chi connectivity index (χ0) is 22.6. The Morgan fingerprint density at radius 2 is 1.74 bits per heavy atom. The van der Waals surface area contributed by atoms with Crippen molar-refractivity contribution in [2.24, 2.45) is 11.1 Å². The van der Waals surface area contributed by atoms with Crippen LogP contribution in [0.1, 0.15) is 35.2 Å². The first-order chi connectivity index (χ1) is 14.6. The van der Waals surface area contributed by atoms with Crippen LogP contribution in [0.15, 0.2) is 48.5 Å². The van der Waals surface area contributed by atoms with Gasteiger partial charge in [-0.1, -0.05) is 11.6 Å². The van der Waals surface area contributed by atoms with Crippen molar-refractivity contribution >= 4 is 23.4 Å². The van der Waals surface area contributed by atoms with Crippen LogP contribution in [0.25, 0.3) is 0 Å². The van der Waals surface area contributed by atoms with Crippen LogP contribution in [0.5, 0.6) is 5.75 Å². The molecule has 1 aliphatic rings. The lowest BCUT2D eigenvalue weighted by Gasteiger charge is -2.42. The molecule has 0 aliphatic carbocycles. The summed E-state index contributed by atoms with van der Waals surface area (Å²) in [5.74, 6) is -0.336. The Bertz CT molecular complexity index is 933. The van der Waals surface area contributed by atoms with E-state index < -0.39 is 29.0 Å². The minimum Gasteiger partial charge on any atom is -0.493 e.